The van der Waals surface area contributed by atoms with Gasteiger partial charge in [0.2, 0.25) is 5.91 Å². The van der Waals surface area contributed by atoms with E-state index in [4.69, 9.17) is 4.74 Å². The maximum atomic E-state index is 12.7. The van der Waals surface area contributed by atoms with Gasteiger partial charge < -0.3 is 15.4 Å². The topological polar surface area (TPSA) is 67.4 Å². The number of carbonyl (C=O) groups excluding carboxylic acids is 2. The van der Waals surface area contributed by atoms with Crippen molar-refractivity contribution < 1.29 is 14.3 Å². The number of thioether (sulfide) groups is 1. The van der Waals surface area contributed by atoms with Crippen LogP contribution in [0.2, 0.25) is 0 Å². The molecule has 1 aromatic heterocycles. The van der Waals surface area contributed by atoms with E-state index in [-0.39, 0.29) is 17.1 Å². The zero-order chi connectivity index (χ0) is 20.6. The van der Waals surface area contributed by atoms with E-state index in [9.17, 15) is 9.59 Å². The van der Waals surface area contributed by atoms with E-state index >= 15 is 0 Å². The zero-order valence-corrected chi connectivity index (χ0v) is 17.8. The molecule has 0 saturated heterocycles. The number of methoxy groups -OCH3 is 1. The van der Waals surface area contributed by atoms with Gasteiger partial charge in [0.1, 0.15) is 5.75 Å². The number of nitrogens with one attached hydrogen (secondary N) is 2. The molecule has 1 heterocycles. The minimum Gasteiger partial charge on any atom is -0.497 e. The Hall–Kier alpha value is -2.77. The average Bonchev–Trinajstić information content (AvgIpc) is 3.27. The lowest BCUT2D eigenvalue weighted by molar-refractivity contribution is -0.115. The summed E-state index contributed by atoms with van der Waals surface area (Å²) < 4.78 is 5.20. The largest absolute Gasteiger partial charge is 0.497 e. The highest BCUT2D eigenvalue weighted by Gasteiger charge is 2.18. The normalized spacial score (nSPS) is 11.5. The molecule has 0 aliphatic heterocycles. The molecular formula is C22H22N2O3S2. The fourth-order valence-electron chi connectivity index (χ4n) is 2.66. The molecule has 0 fully saturated rings. The lowest BCUT2D eigenvalue weighted by Crippen LogP contribution is -2.24. The minimum atomic E-state index is -0.260. The van der Waals surface area contributed by atoms with Crippen molar-refractivity contribution in [2.75, 3.05) is 17.7 Å². The number of amides is 2. The van der Waals surface area contributed by atoms with Gasteiger partial charge in [-0.15, -0.1) is 23.1 Å². The molecule has 0 saturated carbocycles. The summed E-state index contributed by atoms with van der Waals surface area (Å²) >= 11 is 2.87. The van der Waals surface area contributed by atoms with Gasteiger partial charge in [-0.25, -0.2) is 0 Å². The van der Waals surface area contributed by atoms with Crippen molar-refractivity contribution in [1.82, 2.24) is 0 Å². The van der Waals surface area contributed by atoms with Crippen molar-refractivity contribution in [3.05, 3.63) is 70.9 Å². The standard InChI is InChI=1S/C22H22N2O3S2/c1-3-19(21(25)23-15-7-4-9-17(13-15)27-2)29-18-10-5-8-16(14-18)24-22(26)20-11-6-12-28-20/h4-14,19H,3H2,1-2H3,(H,23,25)(H,24,26). The molecule has 2 amide bonds. The summed E-state index contributed by atoms with van der Waals surface area (Å²) in [6.07, 6.45) is 0.673. The number of hydrogen-bond donors (Lipinski definition) is 2. The fourth-order valence-corrected chi connectivity index (χ4v) is 4.29. The first-order valence-electron chi connectivity index (χ1n) is 9.15. The summed E-state index contributed by atoms with van der Waals surface area (Å²) in [5.74, 6) is 0.487. The second-order valence-corrected chi connectivity index (χ2v) is 8.42. The lowest BCUT2D eigenvalue weighted by atomic mass is 10.2. The van der Waals surface area contributed by atoms with Crippen LogP contribution in [0.4, 0.5) is 11.4 Å². The molecule has 1 unspecified atom stereocenters. The average molecular weight is 427 g/mol. The SMILES string of the molecule is CCC(Sc1cccc(NC(=O)c2cccs2)c1)C(=O)Nc1cccc(OC)c1. The molecule has 29 heavy (non-hydrogen) atoms. The molecule has 0 aliphatic carbocycles. The van der Waals surface area contributed by atoms with E-state index in [0.717, 1.165) is 4.90 Å². The second kappa shape index (κ2) is 10.1. The van der Waals surface area contributed by atoms with Crippen LogP contribution < -0.4 is 15.4 Å². The molecule has 0 spiro atoms. The maximum Gasteiger partial charge on any atom is 0.265 e. The van der Waals surface area contributed by atoms with Crippen LogP contribution in [0, 0.1) is 0 Å². The Morgan fingerprint density at radius 2 is 1.79 bits per heavy atom. The quantitative estimate of drug-likeness (QED) is 0.466. The highest BCUT2D eigenvalue weighted by atomic mass is 32.2. The van der Waals surface area contributed by atoms with Gasteiger partial charge in [-0.1, -0.05) is 25.1 Å². The third-order valence-corrected chi connectivity index (χ3v) is 6.34. The van der Waals surface area contributed by atoms with Crippen LogP contribution in [0.25, 0.3) is 0 Å². The lowest BCUT2D eigenvalue weighted by Gasteiger charge is -2.16. The van der Waals surface area contributed by atoms with E-state index in [2.05, 4.69) is 10.6 Å². The fraction of sp³-hybridized carbons (Fsp3) is 0.182. The summed E-state index contributed by atoms with van der Waals surface area (Å²) in [6, 6.07) is 18.5. The summed E-state index contributed by atoms with van der Waals surface area (Å²) in [5, 5.41) is 7.46. The number of rotatable bonds is 8. The minimum absolute atomic E-state index is 0.0706. The van der Waals surface area contributed by atoms with Crippen molar-refractivity contribution in [1.29, 1.82) is 0 Å². The monoisotopic (exact) mass is 426 g/mol. The second-order valence-electron chi connectivity index (χ2n) is 6.20. The van der Waals surface area contributed by atoms with E-state index in [1.165, 1.54) is 23.1 Å². The number of carbonyl (C=O) groups is 2. The number of hydrogen-bond acceptors (Lipinski definition) is 5. The van der Waals surface area contributed by atoms with E-state index in [0.29, 0.717) is 28.4 Å². The first kappa shape index (κ1) is 21.0. The van der Waals surface area contributed by atoms with Crippen LogP contribution in [0.1, 0.15) is 23.0 Å². The summed E-state index contributed by atoms with van der Waals surface area (Å²) in [6.45, 7) is 1.98. The predicted octanol–water partition coefficient (Wildman–Crippen LogP) is 5.52. The first-order chi connectivity index (χ1) is 14.1. The first-order valence-corrected chi connectivity index (χ1v) is 10.9. The van der Waals surface area contributed by atoms with Crippen LogP contribution in [0.15, 0.2) is 70.9 Å². The molecule has 150 valence electrons. The predicted molar refractivity (Wildman–Crippen MR) is 120 cm³/mol. The Morgan fingerprint density at radius 1 is 1.03 bits per heavy atom. The van der Waals surface area contributed by atoms with Crippen LogP contribution in [-0.2, 0) is 4.79 Å². The molecule has 0 radical (unpaired) electrons. The van der Waals surface area contributed by atoms with Gasteiger partial charge in [0.15, 0.2) is 0 Å². The molecule has 0 bridgehead atoms. The van der Waals surface area contributed by atoms with Gasteiger partial charge in [0.05, 0.1) is 17.2 Å². The molecule has 2 N–H and O–H groups in total. The molecule has 3 aromatic rings. The van der Waals surface area contributed by atoms with Crippen molar-refractivity contribution in [2.24, 2.45) is 0 Å². The summed E-state index contributed by atoms with van der Waals surface area (Å²) in [7, 11) is 1.59. The van der Waals surface area contributed by atoms with E-state index < -0.39 is 0 Å². The molecule has 2 aromatic carbocycles. The zero-order valence-electron chi connectivity index (χ0n) is 16.2. The van der Waals surface area contributed by atoms with Gasteiger partial charge in [0, 0.05) is 22.3 Å². The highest BCUT2D eigenvalue weighted by molar-refractivity contribution is 8.00. The molecule has 5 nitrogen and oxygen atoms in total. The Kier molecular flexibility index (Phi) is 7.32. The van der Waals surface area contributed by atoms with Gasteiger partial charge in [0.25, 0.3) is 5.91 Å². The Morgan fingerprint density at radius 3 is 2.48 bits per heavy atom. The molecule has 0 aliphatic rings. The Labute approximate surface area is 178 Å². The van der Waals surface area contributed by atoms with Crippen molar-refractivity contribution in [2.45, 2.75) is 23.5 Å². The number of benzene rings is 2. The van der Waals surface area contributed by atoms with Gasteiger partial charge in [-0.3, -0.25) is 9.59 Å². The summed E-state index contributed by atoms with van der Waals surface area (Å²) in [5.41, 5.74) is 1.40. The van der Waals surface area contributed by atoms with Crippen molar-refractivity contribution >= 4 is 46.3 Å². The number of ether oxygens (including phenoxy) is 1. The maximum absolute atomic E-state index is 12.7. The van der Waals surface area contributed by atoms with Gasteiger partial charge >= 0.3 is 0 Å². The van der Waals surface area contributed by atoms with Crippen molar-refractivity contribution in [3.8, 4) is 5.75 Å². The Balaban J connectivity index is 1.65. The van der Waals surface area contributed by atoms with Gasteiger partial charge in [-0.05, 0) is 48.2 Å². The molecule has 7 heteroatoms. The molecular weight excluding hydrogens is 404 g/mol. The van der Waals surface area contributed by atoms with E-state index in [1.807, 2.05) is 60.8 Å². The molecule has 3 rings (SSSR count). The highest BCUT2D eigenvalue weighted by Crippen LogP contribution is 2.29. The van der Waals surface area contributed by atoms with Crippen LogP contribution in [-0.4, -0.2) is 24.2 Å². The van der Waals surface area contributed by atoms with Crippen LogP contribution >= 0.6 is 23.1 Å². The third-order valence-electron chi connectivity index (χ3n) is 4.12. The number of thiophene rings is 1. The smallest absolute Gasteiger partial charge is 0.265 e. The van der Waals surface area contributed by atoms with E-state index in [1.54, 1.807) is 19.2 Å². The molecule has 1 atom stereocenters. The van der Waals surface area contributed by atoms with Crippen molar-refractivity contribution in [3.63, 3.8) is 0 Å². The summed E-state index contributed by atoms with van der Waals surface area (Å²) in [4.78, 5) is 26.5. The Bertz CT molecular complexity index is 974. The third kappa shape index (κ3) is 5.85. The van der Waals surface area contributed by atoms with Crippen LogP contribution in [0.5, 0.6) is 5.75 Å². The number of anilines is 2. The van der Waals surface area contributed by atoms with Crippen LogP contribution in [0.3, 0.4) is 0 Å². The van der Waals surface area contributed by atoms with Gasteiger partial charge in [-0.2, -0.15) is 0 Å².